The van der Waals surface area contributed by atoms with Gasteiger partial charge in [0.25, 0.3) is 5.91 Å². The molecule has 27 heavy (non-hydrogen) atoms. The molecule has 0 atom stereocenters. The molecule has 12 nitrogen and oxygen atoms in total. The van der Waals surface area contributed by atoms with Gasteiger partial charge in [0.15, 0.2) is 11.6 Å². The number of nitrogens with zero attached hydrogens (tertiary/aromatic N) is 9. The van der Waals surface area contributed by atoms with Crippen LogP contribution in [-0.2, 0) is 26.8 Å². The van der Waals surface area contributed by atoms with E-state index in [1.807, 2.05) is 0 Å². The van der Waals surface area contributed by atoms with Crippen molar-refractivity contribution >= 4 is 11.7 Å². The van der Waals surface area contributed by atoms with Crippen LogP contribution >= 0.6 is 0 Å². The van der Waals surface area contributed by atoms with Gasteiger partial charge in [0.05, 0.1) is 19.2 Å². The van der Waals surface area contributed by atoms with Gasteiger partial charge in [-0.2, -0.15) is 18.0 Å². The van der Waals surface area contributed by atoms with Gasteiger partial charge < -0.3 is 11.1 Å². The third-order valence-electron chi connectivity index (χ3n) is 3.38. The Morgan fingerprint density at radius 1 is 1.26 bits per heavy atom. The summed E-state index contributed by atoms with van der Waals surface area (Å²) in [7, 11) is 2.93. The van der Waals surface area contributed by atoms with E-state index in [0.717, 1.165) is 4.68 Å². The number of amides is 1. The van der Waals surface area contributed by atoms with Gasteiger partial charge in [-0.25, -0.2) is 9.67 Å². The van der Waals surface area contributed by atoms with Crippen molar-refractivity contribution in [2.45, 2.75) is 12.7 Å². The summed E-state index contributed by atoms with van der Waals surface area (Å²) in [5.74, 6) is -1.32. The van der Waals surface area contributed by atoms with Crippen molar-refractivity contribution in [3.8, 4) is 11.4 Å². The van der Waals surface area contributed by atoms with Gasteiger partial charge >= 0.3 is 6.18 Å². The molecule has 0 saturated carbocycles. The molecule has 3 N–H and O–H groups in total. The van der Waals surface area contributed by atoms with E-state index in [9.17, 15) is 18.0 Å². The first-order chi connectivity index (χ1) is 12.7. The van der Waals surface area contributed by atoms with Crippen molar-refractivity contribution in [1.82, 2.24) is 45.4 Å². The van der Waals surface area contributed by atoms with Gasteiger partial charge in [0.1, 0.15) is 11.5 Å². The van der Waals surface area contributed by atoms with E-state index < -0.39 is 23.6 Å². The van der Waals surface area contributed by atoms with Gasteiger partial charge in [0.2, 0.25) is 0 Å². The molecule has 3 rings (SSSR count). The first-order valence-electron chi connectivity index (χ1n) is 7.28. The van der Waals surface area contributed by atoms with E-state index in [2.05, 4.69) is 41.2 Å². The first-order valence-corrected chi connectivity index (χ1v) is 7.28. The fourth-order valence-electron chi connectivity index (χ4n) is 2.26. The van der Waals surface area contributed by atoms with Crippen molar-refractivity contribution in [3.05, 3.63) is 23.1 Å². The van der Waals surface area contributed by atoms with Crippen LogP contribution in [0.3, 0.4) is 0 Å². The van der Waals surface area contributed by atoms with Crippen LogP contribution in [0.25, 0.3) is 11.4 Å². The zero-order chi connectivity index (χ0) is 19.8. The van der Waals surface area contributed by atoms with E-state index in [1.165, 1.54) is 18.9 Å². The van der Waals surface area contributed by atoms with E-state index in [0.29, 0.717) is 6.07 Å². The highest BCUT2D eigenvalue weighted by Gasteiger charge is 2.36. The molecule has 15 heteroatoms. The number of primary amides is 1. The van der Waals surface area contributed by atoms with Gasteiger partial charge in [-0.3, -0.25) is 4.79 Å². The summed E-state index contributed by atoms with van der Waals surface area (Å²) in [5.41, 5.74) is 3.61. The molecule has 0 radical (unpaired) electrons. The predicted molar refractivity (Wildman–Crippen MR) is 81.7 cm³/mol. The Kier molecular flexibility index (Phi) is 4.42. The lowest BCUT2D eigenvalue weighted by Gasteiger charge is -2.15. The predicted octanol–water partition coefficient (Wildman–Crippen LogP) is -0.475. The molecule has 0 saturated heterocycles. The summed E-state index contributed by atoms with van der Waals surface area (Å²) in [5, 5.41) is 24.4. The monoisotopic (exact) mass is 383 g/mol. The van der Waals surface area contributed by atoms with Crippen molar-refractivity contribution in [2.24, 2.45) is 19.8 Å². The minimum Gasteiger partial charge on any atom is -0.365 e. The second kappa shape index (κ2) is 6.58. The van der Waals surface area contributed by atoms with E-state index in [4.69, 9.17) is 5.73 Å². The number of anilines is 1. The molecule has 0 unspecified atom stereocenters. The number of aromatic nitrogens is 9. The number of rotatable bonds is 5. The normalized spacial score (nSPS) is 11.6. The first kappa shape index (κ1) is 18.2. The van der Waals surface area contributed by atoms with Crippen molar-refractivity contribution in [1.29, 1.82) is 0 Å². The quantitative estimate of drug-likeness (QED) is 0.594. The summed E-state index contributed by atoms with van der Waals surface area (Å²) in [6.45, 7) is -0.140. The molecule has 0 aliphatic rings. The number of nitrogens with two attached hydrogens (primary N) is 1. The van der Waals surface area contributed by atoms with Gasteiger partial charge in [-0.15, -0.1) is 15.3 Å². The minimum atomic E-state index is -4.78. The second-order valence-electron chi connectivity index (χ2n) is 5.32. The fraction of sp³-hybridized carbons (Fsp3) is 0.333. The zero-order valence-corrected chi connectivity index (χ0v) is 13.9. The number of carbonyl (C=O) groups is 1. The second-order valence-corrected chi connectivity index (χ2v) is 5.32. The molecule has 0 fully saturated rings. The molecule has 0 bridgehead atoms. The number of tetrazole rings is 2. The molecule has 0 aliphatic carbocycles. The Morgan fingerprint density at radius 3 is 2.52 bits per heavy atom. The standard InChI is InChI=1S/C12H12F3N11O/c1-25-11(20-22-24-25)5-3-6(12(13,14)15)18-10(8(5)9(16)27)17-4-7-19-23-26(2)21-7/h3H,4H2,1-2H3,(H2,16,27)(H,17,18). The Bertz CT molecular complexity index is 993. The van der Waals surface area contributed by atoms with E-state index in [1.54, 1.807) is 0 Å². The topological polar surface area (TPSA) is 155 Å². The number of carbonyl (C=O) groups excluding carboxylic acids is 1. The van der Waals surface area contributed by atoms with Crippen LogP contribution < -0.4 is 11.1 Å². The minimum absolute atomic E-state index is 0.0858. The van der Waals surface area contributed by atoms with Crippen LogP contribution in [0.1, 0.15) is 21.9 Å². The van der Waals surface area contributed by atoms with Crippen molar-refractivity contribution in [3.63, 3.8) is 0 Å². The smallest absolute Gasteiger partial charge is 0.365 e. The average Bonchev–Trinajstić information content (AvgIpc) is 3.19. The number of halogens is 3. The van der Waals surface area contributed by atoms with Crippen molar-refractivity contribution in [2.75, 3.05) is 5.32 Å². The lowest BCUT2D eigenvalue weighted by molar-refractivity contribution is -0.141. The molecule has 1 amide bonds. The van der Waals surface area contributed by atoms with Crippen LogP contribution in [0.4, 0.5) is 19.0 Å². The van der Waals surface area contributed by atoms with Crippen LogP contribution in [-0.4, -0.2) is 51.3 Å². The molecule has 0 aliphatic heterocycles. The van der Waals surface area contributed by atoms with Crippen LogP contribution in [0.2, 0.25) is 0 Å². The molecular formula is C12H12F3N11O. The van der Waals surface area contributed by atoms with Gasteiger partial charge in [0, 0.05) is 12.6 Å². The number of pyridine rings is 1. The average molecular weight is 383 g/mol. The number of hydrogen-bond donors (Lipinski definition) is 2. The molecule has 0 spiro atoms. The Labute approximate surface area is 148 Å². The molecule has 0 aromatic carbocycles. The SMILES string of the molecule is Cn1nnc(CNc2nc(C(F)(F)F)cc(-c3nnnn3C)c2C(N)=O)n1. The van der Waals surface area contributed by atoms with E-state index >= 15 is 0 Å². The maximum Gasteiger partial charge on any atom is 0.433 e. The van der Waals surface area contributed by atoms with Crippen LogP contribution in [0.5, 0.6) is 0 Å². The van der Waals surface area contributed by atoms with Crippen LogP contribution in [0.15, 0.2) is 6.07 Å². The highest BCUT2D eigenvalue weighted by atomic mass is 19.4. The lowest BCUT2D eigenvalue weighted by atomic mass is 10.1. The van der Waals surface area contributed by atoms with Crippen molar-refractivity contribution < 1.29 is 18.0 Å². The summed E-state index contributed by atoms with van der Waals surface area (Å²) in [6, 6.07) is 0.664. The number of hydrogen-bond acceptors (Lipinski definition) is 9. The Balaban J connectivity index is 2.14. The maximum absolute atomic E-state index is 13.3. The molecular weight excluding hydrogens is 371 g/mol. The van der Waals surface area contributed by atoms with Crippen LogP contribution in [0, 0.1) is 0 Å². The molecule has 3 aromatic rings. The lowest BCUT2D eigenvalue weighted by Crippen LogP contribution is -2.21. The molecule has 142 valence electrons. The largest absolute Gasteiger partial charge is 0.433 e. The highest BCUT2D eigenvalue weighted by Crippen LogP contribution is 2.34. The molecule has 3 aromatic heterocycles. The number of aryl methyl sites for hydroxylation is 2. The summed E-state index contributed by atoms with van der Waals surface area (Å²) in [4.78, 5) is 16.6. The number of nitrogens with one attached hydrogen (secondary N) is 1. The van der Waals surface area contributed by atoms with Gasteiger partial charge in [-0.1, -0.05) is 0 Å². The summed E-state index contributed by atoms with van der Waals surface area (Å²) >= 11 is 0. The van der Waals surface area contributed by atoms with E-state index in [-0.39, 0.29) is 29.3 Å². The summed E-state index contributed by atoms with van der Waals surface area (Å²) < 4.78 is 41.0. The maximum atomic E-state index is 13.3. The third-order valence-corrected chi connectivity index (χ3v) is 3.38. The zero-order valence-electron chi connectivity index (χ0n) is 13.9. The Morgan fingerprint density at radius 2 is 2.00 bits per heavy atom. The van der Waals surface area contributed by atoms with Gasteiger partial charge in [-0.05, 0) is 21.7 Å². The summed E-state index contributed by atoms with van der Waals surface area (Å²) in [6.07, 6.45) is -4.78. The fourth-order valence-corrected chi connectivity index (χ4v) is 2.26. The number of alkyl halides is 3. The molecule has 3 heterocycles. The third kappa shape index (κ3) is 3.65. The Hall–Kier alpha value is -3.65. The highest BCUT2D eigenvalue weighted by molar-refractivity contribution is 6.03.